The number of nitrogens with two attached hydrogens (primary N) is 1. The van der Waals surface area contributed by atoms with E-state index in [9.17, 15) is 8.42 Å². The van der Waals surface area contributed by atoms with E-state index in [1.54, 1.807) is 19.2 Å². The van der Waals surface area contributed by atoms with E-state index in [4.69, 9.17) is 15.2 Å². The van der Waals surface area contributed by atoms with Crippen molar-refractivity contribution in [2.75, 3.05) is 33.0 Å². The van der Waals surface area contributed by atoms with Crippen LogP contribution in [0.2, 0.25) is 0 Å². The van der Waals surface area contributed by atoms with Crippen LogP contribution in [-0.2, 0) is 14.8 Å². The number of anilines is 1. The van der Waals surface area contributed by atoms with Gasteiger partial charge in [-0.25, -0.2) is 8.42 Å². The number of nitrogens with zero attached hydrogens (tertiary/aromatic N) is 1. The molecular weight excluding hydrogens is 280 g/mol. The predicted octanol–water partition coefficient (Wildman–Crippen LogP) is 1.08. The molecule has 0 aromatic heterocycles. The standard InChI is InChI=1S/C13H20N2O4S/c1-15(9-11-4-3-7-19-11)20(16,17)13-8-10(14)5-6-12(13)18-2/h5-6,8,11H,3-4,7,9,14H2,1-2H3. The summed E-state index contributed by atoms with van der Waals surface area (Å²) in [6.07, 6.45) is 1.82. The zero-order valence-corrected chi connectivity index (χ0v) is 12.5. The molecule has 0 bridgehead atoms. The quantitative estimate of drug-likeness (QED) is 0.823. The third kappa shape index (κ3) is 3.05. The zero-order chi connectivity index (χ0) is 14.8. The molecule has 1 aromatic rings. The molecule has 0 saturated carbocycles. The molecule has 20 heavy (non-hydrogen) atoms. The summed E-state index contributed by atoms with van der Waals surface area (Å²) < 4.78 is 37.1. The lowest BCUT2D eigenvalue weighted by atomic mass is 10.2. The Bertz CT molecular complexity index is 568. The van der Waals surface area contributed by atoms with Crippen LogP contribution in [0, 0.1) is 0 Å². The molecule has 2 N–H and O–H groups in total. The molecule has 1 saturated heterocycles. The Labute approximate surface area is 119 Å². The van der Waals surface area contributed by atoms with Gasteiger partial charge in [0.1, 0.15) is 10.6 Å². The van der Waals surface area contributed by atoms with Crippen molar-refractivity contribution in [1.29, 1.82) is 0 Å². The van der Waals surface area contributed by atoms with Crippen LogP contribution in [-0.4, -0.2) is 46.1 Å². The first-order valence-electron chi connectivity index (χ1n) is 6.46. The highest BCUT2D eigenvalue weighted by Gasteiger charge is 2.28. The molecule has 1 unspecified atom stereocenters. The van der Waals surface area contributed by atoms with Gasteiger partial charge in [-0.1, -0.05) is 0 Å². The van der Waals surface area contributed by atoms with Crippen molar-refractivity contribution in [2.24, 2.45) is 0 Å². The molecule has 6 nitrogen and oxygen atoms in total. The second kappa shape index (κ2) is 5.99. The maximum Gasteiger partial charge on any atom is 0.246 e. The molecule has 1 atom stereocenters. The Morgan fingerprint density at radius 1 is 1.50 bits per heavy atom. The topological polar surface area (TPSA) is 81.9 Å². The highest BCUT2D eigenvalue weighted by Crippen LogP contribution is 2.28. The first-order chi connectivity index (χ1) is 9.45. The van der Waals surface area contributed by atoms with Crippen LogP contribution >= 0.6 is 0 Å². The summed E-state index contributed by atoms with van der Waals surface area (Å²) in [5, 5.41) is 0. The molecule has 112 valence electrons. The van der Waals surface area contributed by atoms with Gasteiger partial charge in [0.15, 0.2) is 0 Å². The third-order valence-electron chi connectivity index (χ3n) is 3.36. The molecular formula is C13H20N2O4S. The molecule has 0 amide bonds. The van der Waals surface area contributed by atoms with E-state index in [-0.39, 0.29) is 11.0 Å². The van der Waals surface area contributed by atoms with E-state index < -0.39 is 10.0 Å². The van der Waals surface area contributed by atoms with Gasteiger partial charge in [-0.2, -0.15) is 4.31 Å². The maximum atomic E-state index is 12.6. The molecule has 1 aromatic carbocycles. The van der Waals surface area contributed by atoms with E-state index in [0.717, 1.165) is 12.8 Å². The summed E-state index contributed by atoms with van der Waals surface area (Å²) in [5.41, 5.74) is 6.06. The summed E-state index contributed by atoms with van der Waals surface area (Å²) in [7, 11) is -0.667. The van der Waals surface area contributed by atoms with E-state index in [0.29, 0.717) is 24.6 Å². The molecule has 1 aliphatic rings. The minimum atomic E-state index is -3.64. The lowest BCUT2D eigenvalue weighted by Crippen LogP contribution is -2.34. The van der Waals surface area contributed by atoms with Gasteiger partial charge in [0.25, 0.3) is 0 Å². The first-order valence-corrected chi connectivity index (χ1v) is 7.90. The van der Waals surface area contributed by atoms with Crippen molar-refractivity contribution < 1.29 is 17.9 Å². The van der Waals surface area contributed by atoms with Crippen LogP contribution in [0.5, 0.6) is 5.75 Å². The number of ether oxygens (including phenoxy) is 2. The van der Waals surface area contributed by atoms with Crippen molar-refractivity contribution in [3.63, 3.8) is 0 Å². The number of benzene rings is 1. The van der Waals surface area contributed by atoms with Gasteiger partial charge >= 0.3 is 0 Å². The van der Waals surface area contributed by atoms with E-state index in [2.05, 4.69) is 0 Å². The fraction of sp³-hybridized carbons (Fsp3) is 0.538. The van der Waals surface area contributed by atoms with E-state index in [1.165, 1.54) is 17.5 Å². The smallest absolute Gasteiger partial charge is 0.246 e. The molecule has 0 spiro atoms. The Morgan fingerprint density at radius 2 is 2.25 bits per heavy atom. The number of hydrogen-bond acceptors (Lipinski definition) is 5. The predicted molar refractivity (Wildman–Crippen MR) is 76.2 cm³/mol. The lowest BCUT2D eigenvalue weighted by Gasteiger charge is -2.21. The second-order valence-electron chi connectivity index (χ2n) is 4.83. The Kier molecular flexibility index (Phi) is 4.52. The minimum absolute atomic E-state index is 0.0400. The number of methoxy groups -OCH3 is 1. The van der Waals surface area contributed by atoms with Crippen LogP contribution in [0.25, 0.3) is 0 Å². The summed E-state index contributed by atoms with van der Waals surface area (Å²) >= 11 is 0. The summed E-state index contributed by atoms with van der Waals surface area (Å²) in [4.78, 5) is 0.0838. The summed E-state index contributed by atoms with van der Waals surface area (Å²) in [6.45, 7) is 1.03. The fourth-order valence-corrected chi connectivity index (χ4v) is 3.62. The van der Waals surface area contributed by atoms with Crippen molar-refractivity contribution in [2.45, 2.75) is 23.8 Å². The number of sulfonamides is 1. The van der Waals surface area contributed by atoms with Crippen LogP contribution in [0.4, 0.5) is 5.69 Å². The summed E-state index contributed by atoms with van der Waals surface area (Å²) in [5.74, 6) is 0.290. The van der Waals surface area contributed by atoms with Crippen LogP contribution < -0.4 is 10.5 Å². The number of hydrogen-bond donors (Lipinski definition) is 1. The monoisotopic (exact) mass is 300 g/mol. The van der Waals surface area contributed by atoms with Crippen molar-refractivity contribution >= 4 is 15.7 Å². The average molecular weight is 300 g/mol. The normalized spacial score (nSPS) is 19.4. The van der Waals surface area contributed by atoms with Gasteiger partial charge in [-0.05, 0) is 31.0 Å². The van der Waals surface area contributed by atoms with Gasteiger partial charge in [0.05, 0.1) is 13.2 Å². The van der Waals surface area contributed by atoms with Crippen LogP contribution in [0.1, 0.15) is 12.8 Å². The van der Waals surface area contributed by atoms with Gasteiger partial charge in [0, 0.05) is 25.9 Å². The van der Waals surface area contributed by atoms with Crippen LogP contribution in [0.15, 0.2) is 23.1 Å². The molecule has 1 heterocycles. The molecule has 0 aliphatic carbocycles. The van der Waals surface area contributed by atoms with Crippen LogP contribution in [0.3, 0.4) is 0 Å². The average Bonchev–Trinajstić information content (AvgIpc) is 2.91. The number of nitrogen functional groups attached to an aromatic ring is 1. The SMILES string of the molecule is COc1ccc(N)cc1S(=O)(=O)N(C)CC1CCCO1. The highest BCUT2D eigenvalue weighted by molar-refractivity contribution is 7.89. The fourth-order valence-electron chi connectivity index (χ4n) is 2.24. The number of rotatable bonds is 5. The van der Waals surface area contributed by atoms with Crippen molar-refractivity contribution in [3.05, 3.63) is 18.2 Å². The summed E-state index contributed by atoms with van der Waals surface area (Å²) in [6, 6.07) is 4.58. The first kappa shape index (κ1) is 15.1. The lowest BCUT2D eigenvalue weighted by molar-refractivity contribution is 0.0978. The molecule has 1 aliphatic heterocycles. The molecule has 1 fully saturated rings. The van der Waals surface area contributed by atoms with Crippen molar-refractivity contribution in [1.82, 2.24) is 4.31 Å². The third-order valence-corrected chi connectivity index (χ3v) is 5.21. The molecule has 2 rings (SSSR count). The molecule has 0 radical (unpaired) electrons. The minimum Gasteiger partial charge on any atom is -0.495 e. The molecule has 7 heteroatoms. The van der Waals surface area contributed by atoms with E-state index >= 15 is 0 Å². The van der Waals surface area contributed by atoms with E-state index in [1.807, 2.05) is 0 Å². The zero-order valence-electron chi connectivity index (χ0n) is 11.7. The largest absolute Gasteiger partial charge is 0.495 e. The Morgan fingerprint density at radius 3 is 2.85 bits per heavy atom. The van der Waals surface area contributed by atoms with Gasteiger partial charge in [0.2, 0.25) is 10.0 Å². The van der Waals surface area contributed by atoms with Gasteiger partial charge in [-0.15, -0.1) is 0 Å². The maximum absolute atomic E-state index is 12.6. The Hall–Kier alpha value is -1.31. The van der Waals surface area contributed by atoms with Gasteiger partial charge in [-0.3, -0.25) is 0 Å². The van der Waals surface area contributed by atoms with Crippen molar-refractivity contribution in [3.8, 4) is 5.75 Å². The highest BCUT2D eigenvalue weighted by atomic mass is 32.2. The Balaban J connectivity index is 2.26. The van der Waals surface area contributed by atoms with Gasteiger partial charge < -0.3 is 15.2 Å². The second-order valence-corrected chi connectivity index (χ2v) is 6.84. The number of likely N-dealkylation sites (N-methyl/N-ethyl adjacent to an activating group) is 1.